The maximum absolute atomic E-state index is 13.9. The number of carbonyl (C=O) groups is 2. The van der Waals surface area contributed by atoms with Gasteiger partial charge in [0, 0.05) is 44.0 Å². The number of alkyl halides is 3. The number of hydrogen-bond acceptors (Lipinski definition) is 4. The first-order valence-electron chi connectivity index (χ1n) is 11.3. The van der Waals surface area contributed by atoms with Gasteiger partial charge >= 0.3 is 6.18 Å². The van der Waals surface area contributed by atoms with Gasteiger partial charge in [0.1, 0.15) is 0 Å². The third kappa shape index (κ3) is 4.44. The number of anilines is 2. The van der Waals surface area contributed by atoms with Crippen LogP contribution in [0.1, 0.15) is 57.4 Å². The lowest BCUT2D eigenvalue weighted by molar-refractivity contribution is -0.139. The van der Waals surface area contributed by atoms with E-state index in [-0.39, 0.29) is 36.0 Å². The van der Waals surface area contributed by atoms with E-state index in [0.717, 1.165) is 18.9 Å². The van der Waals surface area contributed by atoms with Gasteiger partial charge in [-0.15, -0.1) is 0 Å². The highest BCUT2D eigenvalue weighted by Crippen LogP contribution is 2.46. The zero-order valence-corrected chi connectivity index (χ0v) is 18.2. The number of piperidine rings is 1. The molecule has 2 aliphatic heterocycles. The highest BCUT2D eigenvalue weighted by molar-refractivity contribution is 5.89. The van der Waals surface area contributed by atoms with Crippen LogP contribution in [-0.4, -0.2) is 53.6 Å². The molecule has 1 aromatic rings. The van der Waals surface area contributed by atoms with E-state index < -0.39 is 23.1 Å². The van der Waals surface area contributed by atoms with E-state index in [2.05, 4.69) is 5.32 Å². The van der Waals surface area contributed by atoms with E-state index in [1.807, 2.05) is 4.90 Å². The minimum atomic E-state index is -4.58. The van der Waals surface area contributed by atoms with Crippen molar-refractivity contribution in [2.24, 2.45) is 5.41 Å². The van der Waals surface area contributed by atoms with Gasteiger partial charge in [0.15, 0.2) is 0 Å². The highest BCUT2D eigenvalue weighted by atomic mass is 19.4. The Bertz CT molecular complexity index is 883. The first-order chi connectivity index (χ1) is 15.1. The van der Waals surface area contributed by atoms with E-state index in [1.165, 1.54) is 19.1 Å². The Labute approximate surface area is 185 Å². The molecule has 4 rings (SSSR count). The third-order valence-electron chi connectivity index (χ3n) is 7.19. The van der Waals surface area contributed by atoms with Crippen LogP contribution < -0.4 is 10.2 Å². The van der Waals surface area contributed by atoms with E-state index >= 15 is 0 Å². The first kappa shape index (κ1) is 22.9. The van der Waals surface area contributed by atoms with Crippen LogP contribution in [0.4, 0.5) is 24.5 Å². The van der Waals surface area contributed by atoms with E-state index in [9.17, 15) is 27.9 Å². The molecule has 3 fully saturated rings. The summed E-state index contributed by atoms with van der Waals surface area (Å²) in [6.07, 6.45) is 0.00441. The molecule has 6 nitrogen and oxygen atoms in total. The molecule has 1 unspecified atom stereocenters. The third-order valence-corrected chi connectivity index (χ3v) is 7.19. The Hall–Kier alpha value is -2.29. The number of aliphatic hydroxyl groups excluding tert-OH is 1. The number of aliphatic hydroxyl groups is 1. The van der Waals surface area contributed by atoms with E-state index in [0.29, 0.717) is 45.2 Å². The molecule has 2 N–H and O–H groups in total. The predicted molar refractivity (Wildman–Crippen MR) is 114 cm³/mol. The van der Waals surface area contributed by atoms with Crippen molar-refractivity contribution in [3.8, 4) is 0 Å². The lowest BCUT2D eigenvalue weighted by atomic mass is 9.78. The normalized spacial score (nSPS) is 29.0. The summed E-state index contributed by atoms with van der Waals surface area (Å²) < 4.78 is 41.6. The summed E-state index contributed by atoms with van der Waals surface area (Å²) in [6.45, 7) is 2.59. The minimum Gasteiger partial charge on any atom is -0.393 e. The largest absolute Gasteiger partial charge is 0.418 e. The molecular formula is C23H30F3N3O3. The zero-order chi connectivity index (χ0) is 23.1. The molecule has 2 saturated heterocycles. The molecule has 3 aliphatic rings. The summed E-state index contributed by atoms with van der Waals surface area (Å²) in [5.41, 5.74) is -1.31. The van der Waals surface area contributed by atoms with Crippen molar-refractivity contribution in [3.05, 3.63) is 23.8 Å². The van der Waals surface area contributed by atoms with Crippen molar-refractivity contribution in [2.75, 3.05) is 29.9 Å². The van der Waals surface area contributed by atoms with Gasteiger partial charge in [-0.05, 0) is 63.1 Å². The summed E-state index contributed by atoms with van der Waals surface area (Å²) in [7, 11) is 0. The van der Waals surface area contributed by atoms with Crippen molar-refractivity contribution in [1.29, 1.82) is 0 Å². The number of carbonyl (C=O) groups excluding carboxylic acids is 2. The fourth-order valence-corrected chi connectivity index (χ4v) is 5.60. The average molecular weight is 454 g/mol. The quantitative estimate of drug-likeness (QED) is 0.731. The number of likely N-dealkylation sites (tertiary alicyclic amines) is 1. The highest BCUT2D eigenvalue weighted by Gasteiger charge is 2.51. The second-order valence-electron chi connectivity index (χ2n) is 9.43. The molecule has 2 heterocycles. The molecule has 9 heteroatoms. The maximum atomic E-state index is 13.9. The van der Waals surface area contributed by atoms with Crippen molar-refractivity contribution >= 4 is 23.2 Å². The van der Waals surface area contributed by atoms with Gasteiger partial charge in [-0.2, -0.15) is 13.2 Å². The van der Waals surface area contributed by atoms with Crippen molar-refractivity contribution in [2.45, 2.75) is 70.2 Å². The topological polar surface area (TPSA) is 72.9 Å². The fraction of sp³-hybridized carbons (Fsp3) is 0.652. The van der Waals surface area contributed by atoms with Crippen LogP contribution in [0.3, 0.4) is 0 Å². The van der Waals surface area contributed by atoms with Gasteiger partial charge in [-0.25, -0.2) is 0 Å². The number of amides is 2. The van der Waals surface area contributed by atoms with Gasteiger partial charge < -0.3 is 20.2 Å². The minimum absolute atomic E-state index is 0.0482. The van der Waals surface area contributed by atoms with Crippen LogP contribution in [-0.2, 0) is 15.8 Å². The smallest absolute Gasteiger partial charge is 0.393 e. The van der Waals surface area contributed by atoms with Crippen LogP contribution in [0.2, 0.25) is 0 Å². The SMILES string of the molecule is CC(=O)Nc1ccc(N2CCCC3(CCN([C@H]4CC[C@H](O)CC4)C3=O)C2)c(C(F)(F)F)c1. The van der Waals surface area contributed by atoms with Crippen LogP contribution in [0.25, 0.3) is 0 Å². The lowest BCUT2D eigenvalue weighted by Crippen LogP contribution is -2.50. The van der Waals surface area contributed by atoms with Crippen molar-refractivity contribution in [3.63, 3.8) is 0 Å². The molecule has 0 radical (unpaired) electrons. The molecule has 0 aromatic heterocycles. The fourth-order valence-electron chi connectivity index (χ4n) is 5.60. The number of nitrogens with zero attached hydrogens (tertiary/aromatic N) is 2. The van der Waals surface area contributed by atoms with Gasteiger partial charge in [0.2, 0.25) is 11.8 Å². The van der Waals surface area contributed by atoms with Crippen molar-refractivity contribution in [1.82, 2.24) is 4.90 Å². The summed E-state index contributed by atoms with van der Waals surface area (Å²) in [5.74, 6) is -0.387. The van der Waals surface area contributed by atoms with Crippen LogP contribution in [0.5, 0.6) is 0 Å². The lowest BCUT2D eigenvalue weighted by Gasteiger charge is -2.42. The van der Waals surface area contributed by atoms with Crippen LogP contribution in [0, 0.1) is 5.41 Å². The van der Waals surface area contributed by atoms with Gasteiger partial charge in [-0.1, -0.05) is 0 Å². The maximum Gasteiger partial charge on any atom is 0.418 e. The average Bonchev–Trinajstić information content (AvgIpc) is 3.03. The molecule has 32 heavy (non-hydrogen) atoms. The molecule has 1 spiro atoms. The zero-order valence-electron chi connectivity index (χ0n) is 18.2. The van der Waals surface area contributed by atoms with E-state index in [4.69, 9.17) is 0 Å². The van der Waals surface area contributed by atoms with Crippen LogP contribution >= 0.6 is 0 Å². The first-order valence-corrected chi connectivity index (χ1v) is 11.3. The summed E-state index contributed by atoms with van der Waals surface area (Å²) in [6, 6.07) is 3.95. The van der Waals surface area contributed by atoms with Crippen molar-refractivity contribution < 1.29 is 27.9 Å². The Kier molecular flexibility index (Phi) is 6.13. The summed E-state index contributed by atoms with van der Waals surface area (Å²) >= 11 is 0. The molecule has 2 amide bonds. The van der Waals surface area contributed by atoms with Gasteiger partial charge in [-0.3, -0.25) is 9.59 Å². The molecule has 176 valence electrons. The predicted octanol–water partition coefficient (Wildman–Crippen LogP) is 3.79. The number of benzene rings is 1. The summed E-state index contributed by atoms with van der Waals surface area (Å²) in [5, 5.41) is 12.2. The van der Waals surface area contributed by atoms with Crippen LogP contribution in [0.15, 0.2) is 18.2 Å². The summed E-state index contributed by atoms with van der Waals surface area (Å²) in [4.78, 5) is 28.4. The Morgan fingerprint density at radius 1 is 1.16 bits per heavy atom. The Morgan fingerprint density at radius 2 is 1.88 bits per heavy atom. The van der Waals surface area contributed by atoms with Gasteiger partial charge in [0.25, 0.3) is 0 Å². The van der Waals surface area contributed by atoms with E-state index in [1.54, 1.807) is 4.90 Å². The molecule has 1 atom stereocenters. The van der Waals surface area contributed by atoms with Gasteiger partial charge in [0.05, 0.1) is 17.1 Å². The molecule has 1 aromatic carbocycles. The molecular weight excluding hydrogens is 423 g/mol. The number of halogens is 3. The monoisotopic (exact) mass is 453 g/mol. The number of rotatable bonds is 3. The number of nitrogens with one attached hydrogen (secondary N) is 1. The molecule has 0 bridgehead atoms. The number of hydrogen-bond donors (Lipinski definition) is 2. The Morgan fingerprint density at radius 3 is 2.53 bits per heavy atom. The molecule has 1 saturated carbocycles. The standard InChI is InChI=1S/C23H30F3N3O3/c1-15(30)27-16-3-8-20(19(13-16)23(24,25)26)28-11-2-9-22(14-28)10-12-29(21(22)32)17-4-6-18(31)7-5-17/h3,8,13,17-18,31H,2,4-7,9-12,14H2,1H3,(H,27,30)/t17-,18-,22?. The second-order valence-corrected chi connectivity index (χ2v) is 9.43. The second kappa shape index (κ2) is 8.57. The Balaban J connectivity index is 1.56. The molecule has 1 aliphatic carbocycles.